The Morgan fingerprint density at radius 3 is 2.81 bits per heavy atom. The van der Waals surface area contributed by atoms with Gasteiger partial charge in [-0.1, -0.05) is 30.3 Å². The fourth-order valence-corrected chi connectivity index (χ4v) is 3.22. The van der Waals surface area contributed by atoms with E-state index in [9.17, 15) is 0 Å². The first-order chi connectivity index (χ1) is 9.95. The molecule has 3 rings (SSSR count). The minimum Gasteiger partial charge on any atom is -0.361 e. The number of aromatic nitrogens is 4. The molecule has 0 spiro atoms. The van der Waals surface area contributed by atoms with E-state index in [1.165, 1.54) is 0 Å². The second-order valence-electron chi connectivity index (χ2n) is 5.59. The summed E-state index contributed by atoms with van der Waals surface area (Å²) >= 11 is 1.66. The van der Waals surface area contributed by atoms with E-state index in [0.717, 1.165) is 32.6 Å². The molecule has 21 heavy (non-hydrogen) atoms. The Morgan fingerprint density at radius 2 is 2.19 bits per heavy atom. The van der Waals surface area contributed by atoms with Crippen molar-refractivity contribution in [1.29, 1.82) is 0 Å². The number of aryl methyl sites for hydroxylation is 2. The van der Waals surface area contributed by atoms with Gasteiger partial charge in [0.15, 0.2) is 10.8 Å². The summed E-state index contributed by atoms with van der Waals surface area (Å²) < 4.78 is 8.30. The van der Waals surface area contributed by atoms with E-state index in [1.807, 2.05) is 31.8 Å². The van der Waals surface area contributed by atoms with E-state index in [0.29, 0.717) is 12.5 Å². The SMILES string of the molecule is Cc1nn(C)c2nc(N(C)Cc3cc(C(C)C)on3)sc12. The third-order valence-corrected chi connectivity index (χ3v) is 4.67. The highest BCUT2D eigenvalue weighted by atomic mass is 32.1. The molecule has 0 saturated heterocycles. The van der Waals surface area contributed by atoms with E-state index in [-0.39, 0.29) is 0 Å². The third kappa shape index (κ3) is 2.53. The maximum Gasteiger partial charge on any atom is 0.188 e. The number of rotatable bonds is 4. The average Bonchev–Trinajstić information content (AvgIpc) is 3.08. The summed E-state index contributed by atoms with van der Waals surface area (Å²) in [5, 5.41) is 9.47. The highest BCUT2D eigenvalue weighted by molar-refractivity contribution is 7.22. The number of anilines is 1. The quantitative estimate of drug-likeness (QED) is 0.741. The van der Waals surface area contributed by atoms with Crippen LogP contribution in [0.3, 0.4) is 0 Å². The molecule has 0 amide bonds. The van der Waals surface area contributed by atoms with Crippen molar-refractivity contribution in [3.05, 3.63) is 23.2 Å². The standard InChI is InChI=1S/C14H19N5OS/c1-8(2)11-6-10(17-20-11)7-18(4)14-15-13-12(21-14)9(3)16-19(13)5/h6,8H,7H2,1-5H3. The van der Waals surface area contributed by atoms with Crippen LogP contribution in [0.5, 0.6) is 0 Å². The number of thiazole rings is 1. The lowest BCUT2D eigenvalue weighted by Crippen LogP contribution is -2.16. The van der Waals surface area contributed by atoms with Gasteiger partial charge in [-0.3, -0.25) is 0 Å². The van der Waals surface area contributed by atoms with Crippen LogP contribution in [0.1, 0.15) is 36.9 Å². The molecule has 0 fully saturated rings. The van der Waals surface area contributed by atoms with Crippen LogP contribution in [-0.4, -0.2) is 27.0 Å². The average molecular weight is 305 g/mol. The van der Waals surface area contributed by atoms with Gasteiger partial charge in [-0.25, -0.2) is 9.67 Å². The Kier molecular flexibility index (Phi) is 3.44. The largest absolute Gasteiger partial charge is 0.361 e. The third-order valence-electron chi connectivity index (χ3n) is 3.41. The molecule has 0 aliphatic heterocycles. The van der Waals surface area contributed by atoms with Crippen LogP contribution in [-0.2, 0) is 13.6 Å². The molecule has 7 heteroatoms. The molecule has 3 aromatic heterocycles. The van der Waals surface area contributed by atoms with Gasteiger partial charge in [0.25, 0.3) is 0 Å². The lowest BCUT2D eigenvalue weighted by molar-refractivity contribution is 0.365. The minimum absolute atomic E-state index is 0.354. The molecule has 0 bridgehead atoms. The summed E-state index contributed by atoms with van der Waals surface area (Å²) in [4.78, 5) is 6.75. The zero-order chi connectivity index (χ0) is 15.1. The normalized spacial score (nSPS) is 11.7. The second kappa shape index (κ2) is 5.14. The van der Waals surface area contributed by atoms with E-state index in [4.69, 9.17) is 4.52 Å². The summed E-state index contributed by atoms with van der Waals surface area (Å²) in [6.45, 7) is 6.88. The van der Waals surface area contributed by atoms with E-state index >= 15 is 0 Å². The maximum atomic E-state index is 5.34. The van der Waals surface area contributed by atoms with Crippen LogP contribution in [0.15, 0.2) is 10.6 Å². The Morgan fingerprint density at radius 1 is 1.43 bits per heavy atom. The molecule has 0 aliphatic carbocycles. The molecule has 0 aromatic carbocycles. The zero-order valence-electron chi connectivity index (χ0n) is 12.9. The van der Waals surface area contributed by atoms with Gasteiger partial charge in [0.05, 0.1) is 16.9 Å². The molecule has 3 heterocycles. The fourth-order valence-electron chi connectivity index (χ4n) is 2.22. The van der Waals surface area contributed by atoms with Gasteiger partial charge in [-0.15, -0.1) is 0 Å². The van der Waals surface area contributed by atoms with Crippen molar-refractivity contribution in [3.8, 4) is 0 Å². The Balaban J connectivity index is 1.82. The van der Waals surface area contributed by atoms with Crippen molar-refractivity contribution < 1.29 is 4.52 Å². The number of fused-ring (bicyclic) bond motifs is 1. The van der Waals surface area contributed by atoms with Crippen molar-refractivity contribution in [2.75, 3.05) is 11.9 Å². The van der Waals surface area contributed by atoms with E-state index in [2.05, 4.69) is 34.0 Å². The predicted molar refractivity (Wildman–Crippen MR) is 83.8 cm³/mol. The van der Waals surface area contributed by atoms with Crippen molar-refractivity contribution >= 4 is 26.8 Å². The number of hydrogen-bond donors (Lipinski definition) is 0. The smallest absolute Gasteiger partial charge is 0.188 e. The minimum atomic E-state index is 0.354. The van der Waals surface area contributed by atoms with E-state index < -0.39 is 0 Å². The number of nitrogens with zero attached hydrogens (tertiary/aromatic N) is 5. The molecular weight excluding hydrogens is 286 g/mol. The Bertz CT molecular complexity index is 735. The van der Waals surface area contributed by atoms with Crippen LogP contribution < -0.4 is 4.90 Å². The molecule has 0 radical (unpaired) electrons. The number of hydrogen-bond acceptors (Lipinski definition) is 6. The van der Waals surface area contributed by atoms with E-state index in [1.54, 1.807) is 11.3 Å². The van der Waals surface area contributed by atoms with Crippen LogP contribution in [0, 0.1) is 6.92 Å². The summed E-state index contributed by atoms with van der Waals surface area (Å²) in [6.07, 6.45) is 0. The van der Waals surface area contributed by atoms with Gasteiger partial charge in [0.1, 0.15) is 11.5 Å². The lowest BCUT2D eigenvalue weighted by Gasteiger charge is -2.13. The van der Waals surface area contributed by atoms with Crippen LogP contribution in [0.2, 0.25) is 0 Å². The summed E-state index contributed by atoms with van der Waals surface area (Å²) in [5.74, 6) is 1.27. The molecule has 112 valence electrons. The molecule has 0 N–H and O–H groups in total. The molecule has 0 aliphatic rings. The second-order valence-corrected chi connectivity index (χ2v) is 6.57. The van der Waals surface area contributed by atoms with Crippen molar-refractivity contribution in [2.45, 2.75) is 33.2 Å². The molecule has 0 saturated carbocycles. The monoisotopic (exact) mass is 305 g/mol. The van der Waals surface area contributed by atoms with Crippen molar-refractivity contribution in [2.24, 2.45) is 7.05 Å². The fraction of sp³-hybridized carbons (Fsp3) is 0.500. The molecule has 6 nitrogen and oxygen atoms in total. The summed E-state index contributed by atoms with van der Waals surface area (Å²) in [6, 6.07) is 2.02. The van der Waals surface area contributed by atoms with Crippen molar-refractivity contribution in [1.82, 2.24) is 19.9 Å². The van der Waals surface area contributed by atoms with Gasteiger partial charge < -0.3 is 9.42 Å². The predicted octanol–water partition coefficient (Wildman–Crippen LogP) is 3.09. The van der Waals surface area contributed by atoms with Crippen LogP contribution >= 0.6 is 11.3 Å². The van der Waals surface area contributed by atoms with Gasteiger partial charge in [0.2, 0.25) is 0 Å². The van der Waals surface area contributed by atoms with Gasteiger partial charge in [0, 0.05) is 26.1 Å². The molecule has 0 atom stereocenters. The molecule has 0 unspecified atom stereocenters. The van der Waals surface area contributed by atoms with Crippen LogP contribution in [0.25, 0.3) is 10.3 Å². The van der Waals surface area contributed by atoms with Gasteiger partial charge >= 0.3 is 0 Å². The highest BCUT2D eigenvalue weighted by Gasteiger charge is 2.16. The Labute approximate surface area is 127 Å². The summed E-state index contributed by atoms with van der Waals surface area (Å²) in [5.41, 5.74) is 2.88. The Hall–Kier alpha value is -1.89. The van der Waals surface area contributed by atoms with Gasteiger partial charge in [-0.2, -0.15) is 5.10 Å². The zero-order valence-corrected chi connectivity index (χ0v) is 13.7. The molecular formula is C14H19N5OS. The first kappa shape index (κ1) is 14.1. The summed E-state index contributed by atoms with van der Waals surface area (Å²) in [7, 11) is 3.94. The highest BCUT2D eigenvalue weighted by Crippen LogP contribution is 2.30. The van der Waals surface area contributed by atoms with Gasteiger partial charge in [-0.05, 0) is 6.92 Å². The first-order valence-electron chi connectivity index (χ1n) is 6.92. The topological polar surface area (TPSA) is 60.0 Å². The van der Waals surface area contributed by atoms with Crippen molar-refractivity contribution in [3.63, 3.8) is 0 Å². The van der Waals surface area contributed by atoms with Crippen LogP contribution in [0.4, 0.5) is 5.13 Å². The lowest BCUT2D eigenvalue weighted by atomic mass is 10.1. The molecule has 3 aromatic rings. The maximum absolute atomic E-state index is 5.34. The first-order valence-corrected chi connectivity index (χ1v) is 7.74.